The molecule has 1 saturated heterocycles. The molecule has 182 valence electrons. The van der Waals surface area contributed by atoms with Crippen LogP contribution in [0.1, 0.15) is 41.6 Å². The van der Waals surface area contributed by atoms with Crippen LogP contribution < -0.4 is 20.3 Å². The van der Waals surface area contributed by atoms with Gasteiger partial charge >= 0.3 is 0 Å². The number of carbonyl (C=O) groups excluding carboxylic acids is 3. The second-order valence-electron chi connectivity index (χ2n) is 7.74. The lowest BCUT2D eigenvalue weighted by atomic mass is 10.1. The standard InChI is InChI=1S/C24H22BrN3O5S2/c25-17-7-4-3-6-16(17)22(30)27-26-21(29)8-2-1-5-11-28-23(31)20(35-24(28)34)13-15-9-10-18-19(12-15)33-14-32-18/h3-4,6-7,9-10,12-13H,1-2,5,8,11,14H2,(H,26,29)(H,27,30)/b20-13-. The summed E-state index contributed by atoms with van der Waals surface area (Å²) >= 11 is 9.97. The largest absolute Gasteiger partial charge is 0.454 e. The van der Waals surface area contributed by atoms with Crippen LogP contribution in [0.5, 0.6) is 11.5 Å². The van der Waals surface area contributed by atoms with Crippen LogP contribution in [0.15, 0.2) is 51.8 Å². The number of unbranched alkanes of at least 4 members (excludes halogenated alkanes) is 2. The Hall–Kier alpha value is -2.89. The van der Waals surface area contributed by atoms with Crippen LogP contribution in [-0.2, 0) is 9.59 Å². The quantitative estimate of drug-likeness (QED) is 0.208. The summed E-state index contributed by atoms with van der Waals surface area (Å²) < 4.78 is 11.9. The Kier molecular flexibility index (Phi) is 8.42. The van der Waals surface area contributed by atoms with Crippen LogP contribution in [0.25, 0.3) is 6.08 Å². The van der Waals surface area contributed by atoms with Gasteiger partial charge in [-0.05, 0) is 64.7 Å². The molecule has 2 aliphatic heterocycles. The third-order valence-corrected chi connectivity index (χ3v) is 7.36. The van der Waals surface area contributed by atoms with Crippen LogP contribution in [0.2, 0.25) is 0 Å². The molecule has 0 spiro atoms. The van der Waals surface area contributed by atoms with E-state index in [1.807, 2.05) is 18.2 Å². The fourth-order valence-corrected chi connectivity index (χ4v) is 5.25. The number of nitrogens with one attached hydrogen (secondary N) is 2. The summed E-state index contributed by atoms with van der Waals surface area (Å²) in [7, 11) is 0. The predicted octanol–water partition coefficient (Wildman–Crippen LogP) is 4.40. The zero-order chi connectivity index (χ0) is 24.8. The third kappa shape index (κ3) is 6.41. The number of amides is 3. The molecule has 2 aromatic carbocycles. The van der Waals surface area contributed by atoms with Gasteiger partial charge in [0.25, 0.3) is 11.8 Å². The molecule has 0 aromatic heterocycles. The lowest BCUT2D eigenvalue weighted by Crippen LogP contribution is -2.41. The lowest BCUT2D eigenvalue weighted by Gasteiger charge is -2.14. The minimum absolute atomic E-state index is 0.120. The summed E-state index contributed by atoms with van der Waals surface area (Å²) in [4.78, 5) is 39.1. The number of rotatable bonds is 8. The molecule has 1 fully saturated rings. The minimum atomic E-state index is -0.394. The van der Waals surface area contributed by atoms with Crippen molar-refractivity contribution in [2.24, 2.45) is 0 Å². The maximum absolute atomic E-state index is 12.8. The molecule has 3 amide bonds. The van der Waals surface area contributed by atoms with Gasteiger partial charge in [0, 0.05) is 17.4 Å². The smallest absolute Gasteiger partial charge is 0.270 e. The maximum atomic E-state index is 12.8. The van der Waals surface area contributed by atoms with Crippen molar-refractivity contribution < 1.29 is 23.9 Å². The second-order valence-corrected chi connectivity index (χ2v) is 10.3. The highest BCUT2D eigenvalue weighted by Gasteiger charge is 2.31. The third-order valence-electron chi connectivity index (χ3n) is 5.29. The van der Waals surface area contributed by atoms with Crippen molar-refractivity contribution in [3.05, 3.63) is 63.0 Å². The van der Waals surface area contributed by atoms with Crippen molar-refractivity contribution in [1.29, 1.82) is 0 Å². The van der Waals surface area contributed by atoms with Crippen molar-refractivity contribution in [3.8, 4) is 11.5 Å². The maximum Gasteiger partial charge on any atom is 0.270 e. The van der Waals surface area contributed by atoms with E-state index < -0.39 is 5.91 Å². The van der Waals surface area contributed by atoms with E-state index in [1.165, 1.54) is 11.8 Å². The first-order chi connectivity index (χ1) is 16.9. The molecule has 0 unspecified atom stereocenters. The summed E-state index contributed by atoms with van der Waals surface area (Å²) in [5.41, 5.74) is 6.11. The topological polar surface area (TPSA) is 97.0 Å². The number of thioether (sulfide) groups is 1. The zero-order valence-corrected chi connectivity index (χ0v) is 21.8. The van der Waals surface area contributed by atoms with Gasteiger partial charge in [-0.1, -0.05) is 48.6 Å². The molecule has 2 aliphatic rings. The van der Waals surface area contributed by atoms with Crippen molar-refractivity contribution in [3.63, 3.8) is 0 Å². The molecule has 11 heteroatoms. The van der Waals surface area contributed by atoms with E-state index >= 15 is 0 Å². The first-order valence-electron chi connectivity index (χ1n) is 10.9. The number of carbonyl (C=O) groups is 3. The van der Waals surface area contributed by atoms with Crippen LogP contribution in [-0.4, -0.2) is 40.3 Å². The van der Waals surface area contributed by atoms with E-state index in [2.05, 4.69) is 26.8 Å². The van der Waals surface area contributed by atoms with Gasteiger partial charge in [-0.2, -0.15) is 0 Å². The molecule has 4 rings (SSSR count). The Balaban J connectivity index is 1.17. The van der Waals surface area contributed by atoms with Crippen molar-refractivity contribution in [2.45, 2.75) is 25.7 Å². The summed E-state index contributed by atoms with van der Waals surface area (Å²) in [6, 6.07) is 12.5. The van der Waals surface area contributed by atoms with Gasteiger partial charge < -0.3 is 9.47 Å². The molecular weight excluding hydrogens is 554 g/mol. The van der Waals surface area contributed by atoms with Crippen molar-refractivity contribution in [1.82, 2.24) is 15.8 Å². The van der Waals surface area contributed by atoms with Crippen molar-refractivity contribution >= 4 is 68.0 Å². The van der Waals surface area contributed by atoms with Crippen LogP contribution in [0, 0.1) is 0 Å². The van der Waals surface area contributed by atoms with Gasteiger partial charge in [0.05, 0.1) is 10.5 Å². The molecule has 0 aliphatic carbocycles. The fourth-order valence-electron chi connectivity index (χ4n) is 3.48. The van der Waals surface area contributed by atoms with Crippen LogP contribution in [0.4, 0.5) is 0 Å². The van der Waals surface area contributed by atoms with Gasteiger partial charge in [-0.3, -0.25) is 30.1 Å². The van der Waals surface area contributed by atoms with E-state index in [1.54, 1.807) is 35.2 Å². The summed E-state index contributed by atoms with van der Waals surface area (Å²) in [6.45, 7) is 0.687. The Morgan fingerprint density at radius 1 is 1.09 bits per heavy atom. The zero-order valence-electron chi connectivity index (χ0n) is 18.5. The molecule has 0 saturated carbocycles. The van der Waals surface area contributed by atoms with Crippen molar-refractivity contribution in [2.75, 3.05) is 13.3 Å². The van der Waals surface area contributed by atoms with Gasteiger partial charge in [0.1, 0.15) is 4.32 Å². The average molecular weight is 576 g/mol. The number of benzene rings is 2. The van der Waals surface area contributed by atoms with Crippen LogP contribution >= 0.6 is 39.9 Å². The van der Waals surface area contributed by atoms with E-state index in [9.17, 15) is 14.4 Å². The summed E-state index contributed by atoms with van der Waals surface area (Å²) in [6.07, 6.45) is 4.13. The Bertz CT molecular complexity index is 1200. The second kappa shape index (κ2) is 11.7. The summed E-state index contributed by atoms with van der Waals surface area (Å²) in [5, 5.41) is 0. The highest BCUT2D eigenvalue weighted by molar-refractivity contribution is 9.10. The van der Waals surface area contributed by atoms with E-state index in [-0.39, 0.29) is 25.0 Å². The van der Waals surface area contributed by atoms with Gasteiger partial charge in [-0.15, -0.1) is 0 Å². The molecule has 8 nitrogen and oxygen atoms in total. The van der Waals surface area contributed by atoms with E-state index in [4.69, 9.17) is 21.7 Å². The van der Waals surface area contributed by atoms with Gasteiger partial charge in [0.2, 0.25) is 12.7 Å². The number of hydrazine groups is 1. The molecule has 2 heterocycles. The average Bonchev–Trinajstić information content (AvgIpc) is 3.41. The molecular formula is C24H22BrN3O5S2. The number of halogens is 1. The number of hydrogen-bond donors (Lipinski definition) is 2. The lowest BCUT2D eigenvalue weighted by molar-refractivity contribution is -0.123. The highest BCUT2D eigenvalue weighted by atomic mass is 79.9. The molecule has 0 atom stereocenters. The highest BCUT2D eigenvalue weighted by Crippen LogP contribution is 2.36. The number of nitrogens with zero attached hydrogens (tertiary/aromatic N) is 1. The molecule has 0 bridgehead atoms. The van der Waals surface area contributed by atoms with E-state index in [0.29, 0.717) is 50.1 Å². The first kappa shape index (κ1) is 25.2. The number of ether oxygens (including phenoxy) is 2. The molecule has 0 radical (unpaired) electrons. The summed E-state index contributed by atoms with van der Waals surface area (Å²) in [5.74, 6) is 0.558. The Morgan fingerprint density at radius 3 is 2.71 bits per heavy atom. The number of thiocarbonyl (C=S) groups is 1. The van der Waals surface area contributed by atoms with Gasteiger partial charge in [-0.25, -0.2) is 0 Å². The molecule has 2 N–H and O–H groups in total. The minimum Gasteiger partial charge on any atom is -0.454 e. The molecule has 35 heavy (non-hydrogen) atoms. The predicted molar refractivity (Wildman–Crippen MR) is 141 cm³/mol. The fraction of sp³-hybridized carbons (Fsp3) is 0.250. The Labute approximate surface area is 220 Å². The van der Waals surface area contributed by atoms with E-state index in [0.717, 1.165) is 12.0 Å². The van der Waals surface area contributed by atoms with Gasteiger partial charge in [0.15, 0.2) is 11.5 Å². The Morgan fingerprint density at radius 2 is 1.89 bits per heavy atom. The normalized spacial score (nSPS) is 15.6. The number of fused-ring (bicyclic) bond motifs is 1. The first-order valence-corrected chi connectivity index (χ1v) is 12.9. The van der Waals surface area contributed by atoms with Crippen LogP contribution in [0.3, 0.4) is 0 Å². The SMILES string of the molecule is O=C(CCCCCN1C(=O)/C(=C/c2ccc3c(c2)OCO3)SC1=S)NNC(=O)c1ccccc1Br. The molecule has 2 aromatic rings. The number of hydrogen-bond acceptors (Lipinski definition) is 7. The monoisotopic (exact) mass is 575 g/mol.